The summed E-state index contributed by atoms with van der Waals surface area (Å²) in [5.74, 6) is 1.18. The molecule has 1 atom stereocenters. The lowest BCUT2D eigenvalue weighted by Gasteiger charge is -2.34. The molecule has 1 unspecified atom stereocenters. The van der Waals surface area contributed by atoms with Crippen LogP contribution in [0.3, 0.4) is 0 Å². The van der Waals surface area contributed by atoms with Gasteiger partial charge in [-0.25, -0.2) is 0 Å². The Morgan fingerprint density at radius 1 is 1.25 bits per heavy atom. The fraction of sp³-hybridized carbons (Fsp3) is 0.579. The van der Waals surface area contributed by atoms with Gasteiger partial charge >= 0.3 is 0 Å². The zero-order chi connectivity index (χ0) is 15.5. The van der Waals surface area contributed by atoms with Crippen LogP contribution in [0.2, 0.25) is 0 Å². The minimum atomic E-state index is 0.231. The molecule has 112 valence electrons. The van der Waals surface area contributed by atoms with Crippen molar-refractivity contribution in [1.29, 1.82) is 0 Å². The van der Waals surface area contributed by atoms with E-state index < -0.39 is 0 Å². The Hall–Kier alpha value is -0.560. The molecule has 1 rings (SSSR count). The Morgan fingerprint density at radius 2 is 1.85 bits per heavy atom. The molecule has 0 aliphatic rings. The fourth-order valence-corrected chi connectivity index (χ4v) is 3.46. The van der Waals surface area contributed by atoms with Crippen molar-refractivity contribution in [1.82, 2.24) is 0 Å². The van der Waals surface area contributed by atoms with Crippen LogP contribution in [-0.2, 0) is 6.42 Å². The highest BCUT2D eigenvalue weighted by molar-refractivity contribution is 9.10. The third-order valence-electron chi connectivity index (χ3n) is 3.72. The van der Waals surface area contributed by atoms with Gasteiger partial charge in [0.2, 0.25) is 0 Å². The molecule has 0 radical (unpaired) electrons. The molecule has 0 saturated carbocycles. The summed E-state index contributed by atoms with van der Waals surface area (Å²) in [6.45, 7) is 17.8. The molecule has 0 fully saturated rings. The van der Waals surface area contributed by atoms with Crippen LogP contribution in [0, 0.1) is 11.3 Å². The molecule has 0 amide bonds. The van der Waals surface area contributed by atoms with Crippen molar-refractivity contribution in [2.24, 2.45) is 11.3 Å². The first-order valence-corrected chi connectivity index (χ1v) is 8.34. The number of hydrogen-bond donors (Lipinski definition) is 0. The molecule has 0 nitrogen and oxygen atoms in total. The summed E-state index contributed by atoms with van der Waals surface area (Å²) in [5, 5.41) is 0. The zero-order valence-corrected chi connectivity index (χ0v) is 15.5. The van der Waals surface area contributed by atoms with E-state index in [1.165, 1.54) is 21.2 Å². The molecule has 0 aliphatic heterocycles. The van der Waals surface area contributed by atoms with Crippen molar-refractivity contribution in [3.63, 3.8) is 0 Å². The van der Waals surface area contributed by atoms with Gasteiger partial charge in [-0.15, -0.1) is 6.58 Å². The lowest BCUT2D eigenvalue weighted by molar-refractivity contribution is 0.314. The van der Waals surface area contributed by atoms with Crippen LogP contribution in [0.25, 0.3) is 0 Å². The Morgan fingerprint density at radius 3 is 2.30 bits per heavy atom. The van der Waals surface area contributed by atoms with Gasteiger partial charge in [0.15, 0.2) is 0 Å². The molecule has 0 N–H and O–H groups in total. The van der Waals surface area contributed by atoms with Crippen molar-refractivity contribution >= 4 is 15.9 Å². The van der Waals surface area contributed by atoms with E-state index in [0.717, 1.165) is 12.8 Å². The van der Waals surface area contributed by atoms with Crippen LogP contribution in [0.1, 0.15) is 65.0 Å². The Kier molecular flexibility index (Phi) is 6.06. The highest BCUT2D eigenvalue weighted by Crippen LogP contribution is 2.44. The van der Waals surface area contributed by atoms with Gasteiger partial charge < -0.3 is 0 Å². The van der Waals surface area contributed by atoms with Crippen molar-refractivity contribution < 1.29 is 0 Å². The van der Waals surface area contributed by atoms with E-state index in [1.54, 1.807) is 0 Å². The van der Waals surface area contributed by atoms with Gasteiger partial charge in [0.1, 0.15) is 0 Å². The first kappa shape index (κ1) is 17.5. The van der Waals surface area contributed by atoms with Crippen LogP contribution < -0.4 is 0 Å². The van der Waals surface area contributed by atoms with Crippen molar-refractivity contribution in [3.8, 4) is 0 Å². The average molecular weight is 337 g/mol. The largest absolute Gasteiger partial charge is 0.100 e. The molecule has 0 aliphatic carbocycles. The highest BCUT2D eigenvalue weighted by Gasteiger charge is 2.29. The van der Waals surface area contributed by atoms with Gasteiger partial charge in [-0.3, -0.25) is 0 Å². The average Bonchev–Trinajstić information content (AvgIpc) is 2.24. The van der Waals surface area contributed by atoms with Crippen LogP contribution in [0.5, 0.6) is 0 Å². The van der Waals surface area contributed by atoms with Crippen molar-refractivity contribution in [3.05, 3.63) is 46.0 Å². The highest BCUT2D eigenvalue weighted by atomic mass is 79.9. The van der Waals surface area contributed by atoms with Crippen LogP contribution in [0.15, 0.2) is 34.8 Å². The summed E-state index contributed by atoms with van der Waals surface area (Å²) in [7, 11) is 0. The normalized spacial score (nSPS) is 13.6. The van der Waals surface area contributed by atoms with E-state index in [4.69, 9.17) is 0 Å². The minimum Gasteiger partial charge on any atom is -0.100 e. The number of allylic oxidation sites excluding steroid dienone is 1. The molecular formula is C19H29Br. The van der Waals surface area contributed by atoms with Gasteiger partial charge in [0.05, 0.1) is 0 Å². The molecule has 0 saturated heterocycles. The maximum absolute atomic E-state index is 4.14. The number of halogens is 1. The summed E-state index contributed by atoms with van der Waals surface area (Å²) >= 11 is 3.79. The van der Waals surface area contributed by atoms with Crippen LogP contribution in [0.4, 0.5) is 0 Å². The molecule has 0 aromatic heterocycles. The number of rotatable bonds is 5. The molecular weight excluding hydrogens is 308 g/mol. The summed E-state index contributed by atoms with van der Waals surface area (Å²) in [6, 6.07) is 6.62. The summed E-state index contributed by atoms with van der Waals surface area (Å²) in [4.78, 5) is 0. The van der Waals surface area contributed by atoms with Crippen LogP contribution >= 0.6 is 15.9 Å². The standard InChI is InChI=1S/C19H29Br/c1-13(2)11-15-9-8-10-17(20)18(15)16(12-14(3)4)19(5,6)7/h8-10,13,16H,3,11-12H2,1-2,4-7H3. The lowest BCUT2D eigenvalue weighted by Crippen LogP contribution is -2.21. The van der Waals surface area contributed by atoms with Gasteiger partial charge in [-0.2, -0.15) is 0 Å². The number of benzene rings is 1. The van der Waals surface area contributed by atoms with E-state index in [2.05, 4.69) is 82.3 Å². The predicted octanol–water partition coefficient (Wildman–Crippen LogP) is 6.74. The number of hydrogen-bond acceptors (Lipinski definition) is 0. The fourth-order valence-electron chi connectivity index (χ4n) is 2.78. The predicted molar refractivity (Wildman–Crippen MR) is 94.3 cm³/mol. The van der Waals surface area contributed by atoms with Crippen molar-refractivity contribution in [2.75, 3.05) is 0 Å². The molecule has 0 heterocycles. The topological polar surface area (TPSA) is 0 Å². The third-order valence-corrected chi connectivity index (χ3v) is 4.41. The maximum Gasteiger partial charge on any atom is 0.0213 e. The maximum atomic E-state index is 4.14. The summed E-state index contributed by atoms with van der Waals surface area (Å²) in [5.41, 5.74) is 4.46. The van der Waals surface area contributed by atoms with Crippen molar-refractivity contribution in [2.45, 2.75) is 60.3 Å². The lowest BCUT2D eigenvalue weighted by atomic mass is 9.71. The second kappa shape index (κ2) is 6.93. The SMILES string of the molecule is C=C(C)CC(c1c(Br)cccc1CC(C)C)C(C)(C)C. The Balaban J connectivity index is 3.34. The monoisotopic (exact) mass is 336 g/mol. The zero-order valence-electron chi connectivity index (χ0n) is 13.9. The smallest absolute Gasteiger partial charge is 0.0213 e. The van der Waals surface area contributed by atoms with E-state index in [1.807, 2.05) is 0 Å². The molecule has 1 heteroatoms. The second-order valence-electron chi connectivity index (χ2n) is 7.49. The molecule has 0 spiro atoms. The van der Waals surface area contributed by atoms with Gasteiger partial charge in [0.25, 0.3) is 0 Å². The quantitative estimate of drug-likeness (QED) is 0.522. The van der Waals surface area contributed by atoms with Crippen LogP contribution in [-0.4, -0.2) is 0 Å². The minimum absolute atomic E-state index is 0.231. The van der Waals surface area contributed by atoms with E-state index in [0.29, 0.717) is 11.8 Å². The van der Waals surface area contributed by atoms with E-state index in [9.17, 15) is 0 Å². The second-order valence-corrected chi connectivity index (χ2v) is 8.34. The van der Waals surface area contributed by atoms with E-state index in [-0.39, 0.29) is 5.41 Å². The molecule has 20 heavy (non-hydrogen) atoms. The molecule has 0 bridgehead atoms. The Bertz CT molecular complexity index is 463. The first-order valence-electron chi connectivity index (χ1n) is 7.54. The van der Waals surface area contributed by atoms with Gasteiger partial charge in [-0.05, 0) is 54.2 Å². The first-order chi connectivity index (χ1) is 9.12. The van der Waals surface area contributed by atoms with Gasteiger partial charge in [-0.1, -0.05) is 68.3 Å². The summed E-state index contributed by atoms with van der Waals surface area (Å²) < 4.78 is 1.25. The van der Waals surface area contributed by atoms with E-state index >= 15 is 0 Å². The van der Waals surface area contributed by atoms with Gasteiger partial charge in [0, 0.05) is 4.47 Å². The third kappa shape index (κ3) is 4.77. The molecule has 1 aromatic rings. The molecule has 1 aromatic carbocycles. The summed E-state index contributed by atoms with van der Waals surface area (Å²) in [6.07, 6.45) is 2.19. The Labute approximate surface area is 133 Å².